The average Bonchev–Trinajstić information content (AvgIpc) is 3.32. The maximum absolute atomic E-state index is 13.1. The molecular formula is C27H27NO5. The van der Waals surface area contributed by atoms with Crippen LogP contribution in [0.1, 0.15) is 53.6 Å². The van der Waals surface area contributed by atoms with E-state index in [-0.39, 0.29) is 23.4 Å². The number of methoxy groups -OCH3 is 1. The minimum absolute atomic E-state index is 0.0484. The molecule has 0 bridgehead atoms. The predicted octanol–water partition coefficient (Wildman–Crippen LogP) is 5.60. The summed E-state index contributed by atoms with van der Waals surface area (Å²) in [5.41, 5.74) is 3.03. The number of Topliss-reactive ketones (excluding diaryl/α,β-unsaturated/α-hetero) is 1. The molecule has 0 atom stereocenters. The van der Waals surface area contributed by atoms with Gasteiger partial charge in [-0.2, -0.15) is 0 Å². The molecule has 3 aromatic rings. The summed E-state index contributed by atoms with van der Waals surface area (Å²) < 4.78 is 19.1. The number of nitrogens with zero attached hydrogens (tertiary/aromatic N) is 1. The van der Waals surface area contributed by atoms with Gasteiger partial charge in [-0.15, -0.1) is 0 Å². The Kier molecular flexibility index (Phi) is 5.44. The van der Waals surface area contributed by atoms with Gasteiger partial charge < -0.3 is 18.8 Å². The highest BCUT2D eigenvalue weighted by Gasteiger charge is 2.31. The van der Waals surface area contributed by atoms with Gasteiger partial charge in [-0.25, -0.2) is 0 Å². The van der Waals surface area contributed by atoms with E-state index in [1.165, 1.54) is 6.42 Å². The highest BCUT2D eigenvalue weighted by molar-refractivity contribution is 6.15. The number of carbonyl (C=O) groups excluding carboxylic acids is 2. The molecule has 6 nitrogen and oxygen atoms in total. The van der Waals surface area contributed by atoms with E-state index in [0.717, 1.165) is 47.9 Å². The number of aromatic nitrogens is 1. The molecule has 1 aromatic heterocycles. The van der Waals surface area contributed by atoms with Crippen LogP contribution in [0.25, 0.3) is 17.0 Å². The van der Waals surface area contributed by atoms with Gasteiger partial charge in [0.25, 0.3) is 0 Å². The molecule has 2 heterocycles. The predicted molar refractivity (Wildman–Crippen MR) is 126 cm³/mol. The summed E-state index contributed by atoms with van der Waals surface area (Å²) in [7, 11) is 3.59. The molecule has 0 spiro atoms. The Balaban J connectivity index is 1.44. The minimum Gasteiger partial charge on any atom is -0.497 e. The second-order valence-corrected chi connectivity index (χ2v) is 8.84. The lowest BCUT2D eigenvalue weighted by molar-refractivity contribution is -0.140. The minimum atomic E-state index is -0.192. The van der Waals surface area contributed by atoms with Crippen LogP contribution in [0.3, 0.4) is 0 Å². The number of hydrogen-bond acceptors (Lipinski definition) is 5. The number of rotatable bonds is 4. The Morgan fingerprint density at radius 3 is 2.70 bits per heavy atom. The van der Waals surface area contributed by atoms with Crippen LogP contribution >= 0.6 is 0 Å². The normalized spacial score (nSPS) is 17.3. The molecule has 1 saturated carbocycles. The Morgan fingerprint density at radius 1 is 1.15 bits per heavy atom. The molecule has 2 aromatic carbocycles. The quantitative estimate of drug-likeness (QED) is 0.297. The number of esters is 1. The Bertz CT molecular complexity index is 1290. The van der Waals surface area contributed by atoms with Crippen molar-refractivity contribution in [3.63, 3.8) is 0 Å². The van der Waals surface area contributed by atoms with Gasteiger partial charge in [-0.3, -0.25) is 9.59 Å². The summed E-state index contributed by atoms with van der Waals surface area (Å²) >= 11 is 0. The van der Waals surface area contributed by atoms with Crippen molar-refractivity contribution in [1.82, 2.24) is 4.57 Å². The summed E-state index contributed by atoms with van der Waals surface area (Å²) in [4.78, 5) is 25.7. The van der Waals surface area contributed by atoms with Crippen molar-refractivity contribution in [3.05, 3.63) is 59.0 Å². The molecule has 2 aliphatic rings. The summed E-state index contributed by atoms with van der Waals surface area (Å²) in [5.74, 6) is 1.48. The van der Waals surface area contributed by atoms with E-state index in [2.05, 4.69) is 0 Å². The molecule has 6 heteroatoms. The first-order chi connectivity index (χ1) is 16.0. The molecule has 5 rings (SSSR count). The summed E-state index contributed by atoms with van der Waals surface area (Å²) in [6.07, 6.45) is 8.78. The molecule has 0 saturated heterocycles. The first kappa shape index (κ1) is 21.3. The third kappa shape index (κ3) is 3.80. The third-order valence-corrected chi connectivity index (χ3v) is 6.70. The molecule has 1 aliphatic carbocycles. The maximum Gasteiger partial charge on any atom is 0.314 e. The third-order valence-electron chi connectivity index (χ3n) is 6.70. The van der Waals surface area contributed by atoms with Gasteiger partial charge in [-0.05, 0) is 56.2 Å². The Labute approximate surface area is 192 Å². The number of fused-ring (bicyclic) bond motifs is 2. The summed E-state index contributed by atoms with van der Waals surface area (Å²) in [6, 6.07) is 9.22. The standard InChI is InChI=1S/C27H27NO5/c1-16-23(33-27(30)17-7-5-4-6-8-17)12-10-20-25(29)24(32-26(16)20)13-18-15-28(2)22-11-9-19(31-3)14-21(18)22/h9-15,17H,4-8H2,1-3H3. The van der Waals surface area contributed by atoms with E-state index in [1.54, 1.807) is 25.3 Å². The molecule has 1 fully saturated rings. The fourth-order valence-electron chi connectivity index (χ4n) is 4.79. The van der Waals surface area contributed by atoms with E-state index >= 15 is 0 Å². The smallest absolute Gasteiger partial charge is 0.314 e. The van der Waals surface area contributed by atoms with Gasteiger partial charge in [0.1, 0.15) is 17.2 Å². The number of hydrogen-bond donors (Lipinski definition) is 0. The maximum atomic E-state index is 13.1. The van der Waals surface area contributed by atoms with Gasteiger partial charge in [0.05, 0.1) is 18.6 Å². The second-order valence-electron chi connectivity index (χ2n) is 8.84. The number of aryl methyl sites for hydroxylation is 1. The van der Waals surface area contributed by atoms with E-state index in [4.69, 9.17) is 14.2 Å². The largest absolute Gasteiger partial charge is 0.497 e. The second kappa shape index (κ2) is 8.43. The SMILES string of the molecule is COc1ccc2c(c1)c(C=C1Oc3c(ccc(OC(=O)C4CCCCC4)c3C)C1=O)cn2C. The molecule has 1 aliphatic heterocycles. The molecule has 170 valence electrons. The lowest BCUT2D eigenvalue weighted by Crippen LogP contribution is -2.23. The lowest BCUT2D eigenvalue weighted by Gasteiger charge is -2.20. The van der Waals surface area contributed by atoms with Crippen LogP contribution in [0.15, 0.2) is 42.3 Å². The van der Waals surface area contributed by atoms with Gasteiger partial charge in [-0.1, -0.05) is 19.3 Å². The zero-order chi connectivity index (χ0) is 23.1. The van der Waals surface area contributed by atoms with E-state index < -0.39 is 0 Å². The van der Waals surface area contributed by atoms with Crippen LogP contribution in [-0.4, -0.2) is 23.4 Å². The van der Waals surface area contributed by atoms with Crippen LogP contribution in [-0.2, 0) is 11.8 Å². The highest BCUT2D eigenvalue weighted by Crippen LogP contribution is 2.40. The van der Waals surface area contributed by atoms with Crippen molar-refractivity contribution >= 4 is 28.7 Å². The number of benzene rings is 2. The van der Waals surface area contributed by atoms with Crippen LogP contribution in [0, 0.1) is 12.8 Å². The van der Waals surface area contributed by atoms with E-state index in [9.17, 15) is 9.59 Å². The number of carbonyl (C=O) groups is 2. The van der Waals surface area contributed by atoms with E-state index in [0.29, 0.717) is 22.6 Å². The van der Waals surface area contributed by atoms with Crippen LogP contribution < -0.4 is 14.2 Å². The molecule has 33 heavy (non-hydrogen) atoms. The van der Waals surface area contributed by atoms with Gasteiger partial charge in [0.2, 0.25) is 5.78 Å². The fraction of sp³-hybridized carbons (Fsp3) is 0.333. The fourth-order valence-corrected chi connectivity index (χ4v) is 4.79. The molecule has 0 amide bonds. The topological polar surface area (TPSA) is 66.8 Å². The number of ketones is 1. The number of ether oxygens (including phenoxy) is 3. The molecular weight excluding hydrogens is 418 g/mol. The zero-order valence-electron chi connectivity index (χ0n) is 19.1. The lowest BCUT2D eigenvalue weighted by atomic mass is 9.89. The molecule has 0 N–H and O–H groups in total. The average molecular weight is 446 g/mol. The van der Waals surface area contributed by atoms with Gasteiger partial charge in [0, 0.05) is 35.3 Å². The van der Waals surface area contributed by atoms with Crippen LogP contribution in [0.4, 0.5) is 0 Å². The summed E-state index contributed by atoms with van der Waals surface area (Å²) in [6.45, 7) is 1.82. The monoisotopic (exact) mass is 445 g/mol. The Hall–Kier alpha value is -3.54. The first-order valence-electron chi connectivity index (χ1n) is 11.4. The van der Waals surface area contributed by atoms with Crippen LogP contribution in [0.5, 0.6) is 17.2 Å². The van der Waals surface area contributed by atoms with Crippen molar-refractivity contribution in [2.45, 2.75) is 39.0 Å². The zero-order valence-corrected chi connectivity index (χ0v) is 19.1. The van der Waals surface area contributed by atoms with Crippen molar-refractivity contribution in [1.29, 1.82) is 0 Å². The van der Waals surface area contributed by atoms with Crippen molar-refractivity contribution in [2.24, 2.45) is 13.0 Å². The Morgan fingerprint density at radius 2 is 1.94 bits per heavy atom. The van der Waals surface area contributed by atoms with Crippen molar-refractivity contribution < 1.29 is 23.8 Å². The van der Waals surface area contributed by atoms with Crippen LogP contribution in [0.2, 0.25) is 0 Å². The van der Waals surface area contributed by atoms with Gasteiger partial charge in [0.15, 0.2) is 5.76 Å². The summed E-state index contributed by atoms with van der Waals surface area (Å²) in [5, 5.41) is 0.968. The van der Waals surface area contributed by atoms with Gasteiger partial charge >= 0.3 is 5.97 Å². The van der Waals surface area contributed by atoms with Crippen molar-refractivity contribution in [2.75, 3.05) is 7.11 Å². The number of allylic oxidation sites excluding steroid dienone is 1. The molecule has 0 unspecified atom stereocenters. The van der Waals surface area contributed by atoms with Crippen molar-refractivity contribution in [3.8, 4) is 17.2 Å². The van der Waals surface area contributed by atoms with E-state index in [1.807, 2.05) is 42.9 Å². The highest BCUT2D eigenvalue weighted by atomic mass is 16.5. The first-order valence-corrected chi connectivity index (χ1v) is 11.4. The molecule has 0 radical (unpaired) electrons.